The first-order valence-electron chi connectivity index (χ1n) is 7.31. The highest BCUT2D eigenvalue weighted by molar-refractivity contribution is 6.00. The monoisotopic (exact) mass is 289 g/mol. The van der Waals surface area contributed by atoms with Crippen molar-refractivity contribution in [2.45, 2.75) is 0 Å². The van der Waals surface area contributed by atoms with E-state index in [1.165, 1.54) is 0 Å². The summed E-state index contributed by atoms with van der Waals surface area (Å²) >= 11 is 0. The lowest BCUT2D eigenvalue weighted by atomic mass is 10.1. The molecule has 4 nitrogen and oxygen atoms in total. The van der Waals surface area contributed by atoms with Gasteiger partial charge < -0.3 is 9.84 Å². The summed E-state index contributed by atoms with van der Waals surface area (Å²) in [4.78, 5) is 4.42. The predicted molar refractivity (Wildman–Crippen MR) is 86.8 cm³/mol. The van der Waals surface area contributed by atoms with Gasteiger partial charge in [0, 0.05) is 29.3 Å². The molecule has 4 heteroatoms. The average Bonchev–Trinajstić information content (AvgIpc) is 3.28. The Balaban J connectivity index is 1.61. The molecule has 0 radical (unpaired) electrons. The largest absolute Gasteiger partial charge is 0.368 e. The maximum absolute atomic E-state index is 5.45. The first-order valence-corrected chi connectivity index (χ1v) is 7.31. The van der Waals surface area contributed by atoms with E-state index >= 15 is 0 Å². The third-order valence-electron chi connectivity index (χ3n) is 3.70. The SMILES string of the molecule is c1ccc(-c2cc(-c3ccc(C4=NCCN4)cc3)no2)cc1. The van der Waals surface area contributed by atoms with E-state index in [0.717, 1.165) is 47.1 Å². The first kappa shape index (κ1) is 12.8. The average molecular weight is 289 g/mol. The van der Waals surface area contributed by atoms with Gasteiger partial charge in [-0.05, 0) is 0 Å². The fourth-order valence-corrected chi connectivity index (χ4v) is 2.54. The molecule has 4 rings (SSSR count). The van der Waals surface area contributed by atoms with Gasteiger partial charge in [-0.2, -0.15) is 0 Å². The van der Waals surface area contributed by atoms with E-state index in [9.17, 15) is 0 Å². The van der Waals surface area contributed by atoms with E-state index in [0.29, 0.717) is 0 Å². The van der Waals surface area contributed by atoms with Crippen LogP contribution >= 0.6 is 0 Å². The number of aromatic nitrogens is 1. The van der Waals surface area contributed by atoms with Gasteiger partial charge in [0.1, 0.15) is 11.5 Å². The van der Waals surface area contributed by atoms with Crippen LogP contribution in [0.3, 0.4) is 0 Å². The van der Waals surface area contributed by atoms with Crippen LogP contribution in [-0.2, 0) is 0 Å². The molecule has 0 aliphatic carbocycles. The van der Waals surface area contributed by atoms with Crippen molar-refractivity contribution in [3.8, 4) is 22.6 Å². The van der Waals surface area contributed by atoms with Gasteiger partial charge in [-0.25, -0.2) is 0 Å². The molecule has 3 aromatic rings. The predicted octanol–water partition coefficient (Wildman–Crippen LogP) is 3.36. The standard InChI is InChI=1S/C18H15N3O/c1-2-4-14(5-3-1)17-12-16(21-22-17)13-6-8-15(9-7-13)18-19-10-11-20-18/h1-9,12H,10-11H2,(H,19,20). The number of benzene rings is 2. The second kappa shape index (κ2) is 5.48. The third kappa shape index (κ3) is 2.39. The van der Waals surface area contributed by atoms with Crippen molar-refractivity contribution < 1.29 is 4.52 Å². The molecule has 0 amide bonds. The van der Waals surface area contributed by atoms with Crippen LogP contribution in [0, 0.1) is 0 Å². The topological polar surface area (TPSA) is 50.4 Å². The molecule has 2 aromatic carbocycles. The van der Waals surface area contributed by atoms with Crippen LogP contribution in [0.25, 0.3) is 22.6 Å². The second-order valence-corrected chi connectivity index (χ2v) is 5.18. The van der Waals surface area contributed by atoms with Crippen molar-refractivity contribution in [2.24, 2.45) is 4.99 Å². The molecule has 108 valence electrons. The number of nitrogens with one attached hydrogen (secondary N) is 1. The summed E-state index contributed by atoms with van der Waals surface area (Å²) in [6, 6.07) is 20.2. The zero-order valence-electron chi connectivity index (χ0n) is 12.0. The second-order valence-electron chi connectivity index (χ2n) is 5.18. The van der Waals surface area contributed by atoms with Gasteiger partial charge in [-0.1, -0.05) is 59.8 Å². The smallest absolute Gasteiger partial charge is 0.167 e. The van der Waals surface area contributed by atoms with Crippen molar-refractivity contribution in [2.75, 3.05) is 13.1 Å². The zero-order valence-corrected chi connectivity index (χ0v) is 12.0. The Morgan fingerprint density at radius 3 is 2.36 bits per heavy atom. The summed E-state index contributed by atoms with van der Waals surface area (Å²) in [6.45, 7) is 1.77. The van der Waals surface area contributed by atoms with E-state index < -0.39 is 0 Å². The number of nitrogens with zero attached hydrogens (tertiary/aromatic N) is 2. The van der Waals surface area contributed by atoms with E-state index in [2.05, 4.69) is 27.6 Å². The van der Waals surface area contributed by atoms with Crippen molar-refractivity contribution in [3.05, 3.63) is 66.2 Å². The number of rotatable bonds is 3. The van der Waals surface area contributed by atoms with Crippen LogP contribution in [0.2, 0.25) is 0 Å². The van der Waals surface area contributed by atoms with E-state index in [1.807, 2.05) is 48.5 Å². The van der Waals surface area contributed by atoms with Crippen molar-refractivity contribution in [3.63, 3.8) is 0 Å². The molecule has 1 N–H and O–H groups in total. The highest BCUT2D eigenvalue weighted by Crippen LogP contribution is 2.26. The number of hydrogen-bond acceptors (Lipinski definition) is 4. The summed E-state index contributed by atoms with van der Waals surface area (Å²) in [7, 11) is 0. The highest BCUT2D eigenvalue weighted by Gasteiger charge is 2.10. The van der Waals surface area contributed by atoms with Gasteiger partial charge >= 0.3 is 0 Å². The Bertz CT molecular complexity index is 804. The summed E-state index contributed by atoms with van der Waals surface area (Å²) in [6.07, 6.45) is 0. The zero-order chi connectivity index (χ0) is 14.8. The normalized spacial score (nSPS) is 13.7. The Morgan fingerprint density at radius 2 is 1.64 bits per heavy atom. The fourth-order valence-electron chi connectivity index (χ4n) is 2.54. The summed E-state index contributed by atoms with van der Waals surface area (Å²) in [5.74, 6) is 1.75. The minimum absolute atomic E-state index is 0.779. The quantitative estimate of drug-likeness (QED) is 0.804. The molecule has 0 spiro atoms. The third-order valence-corrected chi connectivity index (χ3v) is 3.70. The van der Waals surface area contributed by atoms with Crippen LogP contribution in [0.1, 0.15) is 5.56 Å². The molecular formula is C18H15N3O. The molecule has 0 atom stereocenters. The van der Waals surface area contributed by atoms with Crippen LogP contribution < -0.4 is 5.32 Å². The van der Waals surface area contributed by atoms with Gasteiger partial charge in [0.05, 0.1) is 6.54 Å². The Kier molecular flexibility index (Phi) is 3.20. The Hall–Kier alpha value is -2.88. The Morgan fingerprint density at radius 1 is 0.864 bits per heavy atom. The highest BCUT2D eigenvalue weighted by atomic mass is 16.5. The number of aliphatic imine (C=N–C) groups is 1. The molecule has 22 heavy (non-hydrogen) atoms. The van der Waals surface area contributed by atoms with Crippen LogP contribution in [0.5, 0.6) is 0 Å². The van der Waals surface area contributed by atoms with Crippen LogP contribution in [0.4, 0.5) is 0 Å². The molecule has 2 heterocycles. The van der Waals surface area contributed by atoms with E-state index in [1.54, 1.807) is 0 Å². The lowest BCUT2D eigenvalue weighted by molar-refractivity contribution is 0.435. The van der Waals surface area contributed by atoms with Gasteiger partial charge in [-0.15, -0.1) is 0 Å². The van der Waals surface area contributed by atoms with Crippen LogP contribution in [0.15, 0.2) is 70.2 Å². The molecule has 1 aliphatic heterocycles. The lowest BCUT2D eigenvalue weighted by Gasteiger charge is -2.02. The summed E-state index contributed by atoms with van der Waals surface area (Å²) in [5, 5.41) is 7.44. The Labute approximate surface area is 128 Å². The first-order chi connectivity index (χ1) is 10.9. The molecule has 0 unspecified atom stereocenters. The van der Waals surface area contributed by atoms with Crippen molar-refractivity contribution in [1.29, 1.82) is 0 Å². The summed E-state index contributed by atoms with van der Waals surface area (Å²) < 4.78 is 5.45. The molecule has 0 saturated carbocycles. The molecule has 1 aliphatic rings. The molecule has 0 bridgehead atoms. The van der Waals surface area contributed by atoms with E-state index in [-0.39, 0.29) is 0 Å². The van der Waals surface area contributed by atoms with Gasteiger partial charge in [0.2, 0.25) is 0 Å². The molecular weight excluding hydrogens is 274 g/mol. The van der Waals surface area contributed by atoms with Gasteiger partial charge in [-0.3, -0.25) is 4.99 Å². The minimum Gasteiger partial charge on any atom is -0.368 e. The lowest BCUT2D eigenvalue weighted by Crippen LogP contribution is -2.19. The maximum atomic E-state index is 5.45. The van der Waals surface area contributed by atoms with Crippen LogP contribution in [-0.4, -0.2) is 24.1 Å². The molecule has 0 fully saturated rings. The number of amidine groups is 1. The minimum atomic E-state index is 0.779. The maximum Gasteiger partial charge on any atom is 0.167 e. The fraction of sp³-hybridized carbons (Fsp3) is 0.111. The summed E-state index contributed by atoms with van der Waals surface area (Å²) in [5.41, 5.74) is 4.01. The van der Waals surface area contributed by atoms with Gasteiger partial charge in [0.15, 0.2) is 5.76 Å². The molecule has 1 aromatic heterocycles. The van der Waals surface area contributed by atoms with Crippen molar-refractivity contribution in [1.82, 2.24) is 10.5 Å². The number of hydrogen-bond donors (Lipinski definition) is 1. The van der Waals surface area contributed by atoms with E-state index in [4.69, 9.17) is 4.52 Å². The van der Waals surface area contributed by atoms with Crippen molar-refractivity contribution >= 4 is 5.84 Å². The molecule has 0 saturated heterocycles. The van der Waals surface area contributed by atoms with Gasteiger partial charge in [0.25, 0.3) is 0 Å².